The number of rotatable bonds is 6. The van der Waals surface area contributed by atoms with Crippen LogP contribution in [0.15, 0.2) is 55.1 Å². The van der Waals surface area contributed by atoms with E-state index in [1.54, 1.807) is 18.5 Å². The number of nitrogens with zero attached hydrogens (tertiary/aromatic N) is 3. The van der Waals surface area contributed by atoms with E-state index in [9.17, 15) is 9.18 Å². The van der Waals surface area contributed by atoms with Gasteiger partial charge in [0.15, 0.2) is 11.6 Å². The first-order valence-electron chi connectivity index (χ1n) is 8.43. The van der Waals surface area contributed by atoms with Crippen LogP contribution >= 0.6 is 0 Å². The zero-order valence-corrected chi connectivity index (χ0v) is 14.6. The number of fused-ring (bicyclic) bond motifs is 1. The Balaban J connectivity index is 1.66. The molecule has 140 valence electrons. The maximum atomic E-state index is 14.4. The standard InChI is InChI=1S/C19H16FN7O/c20-15-7-14(17(21)28)18(27-19(15)24-9-13-8-22-10-25-13)26-12-3-4-16-11(6-12)2-1-5-23-16/h1-8,10H,9H2,(H2,21,28)(H,22,25)(H2,24,26,27). The normalized spacial score (nSPS) is 10.8. The van der Waals surface area contributed by atoms with Crippen molar-refractivity contribution in [3.63, 3.8) is 0 Å². The highest BCUT2D eigenvalue weighted by Crippen LogP contribution is 2.25. The zero-order valence-electron chi connectivity index (χ0n) is 14.6. The Morgan fingerprint density at radius 3 is 2.89 bits per heavy atom. The molecular weight excluding hydrogens is 361 g/mol. The number of benzene rings is 1. The van der Waals surface area contributed by atoms with E-state index in [2.05, 4.69) is 30.6 Å². The molecule has 0 aliphatic carbocycles. The summed E-state index contributed by atoms with van der Waals surface area (Å²) in [5.41, 5.74) is 7.61. The van der Waals surface area contributed by atoms with Crippen LogP contribution in [-0.4, -0.2) is 25.8 Å². The first kappa shape index (κ1) is 17.4. The number of aromatic amines is 1. The van der Waals surface area contributed by atoms with Gasteiger partial charge in [-0.1, -0.05) is 6.07 Å². The Morgan fingerprint density at radius 1 is 1.21 bits per heavy atom. The summed E-state index contributed by atoms with van der Waals surface area (Å²) in [5, 5.41) is 6.83. The highest BCUT2D eigenvalue weighted by atomic mass is 19.1. The van der Waals surface area contributed by atoms with Crippen LogP contribution in [0.4, 0.5) is 21.7 Å². The summed E-state index contributed by atoms with van der Waals surface area (Å²) in [6, 6.07) is 10.3. The summed E-state index contributed by atoms with van der Waals surface area (Å²) < 4.78 is 14.4. The number of imidazole rings is 1. The summed E-state index contributed by atoms with van der Waals surface area (Å²) in [5.74, 6) is -1.31. The molecule has 0 saturated carbocycles. The van der Waals surface area contributed by atoms with E-state index in [0.29, 0.717) is 12.2 Å². The van der Waals surface area contributed by atoms with Crippen molar-refractivity contribution in [2.24, 2.45) is 5.73 Å². The van der Waals surface area contributed by atoms with E-state index in [1.165, 1.54) is 6.33 Å². The fourth-order valence-electron chi connectivity index (χ4n) is 2.75. The van der Waals surface area contributed by atoms with Gasteiger partial charge in [0.05, 0.1) is 29.6 Å². The van der Waals surface area contributed by atoms with Gasteiger partial charge in [-0.2, -0.15) is 0 Å². The average Bonchev–Trinajstić information content (AvgIpc) is 3.21. The Labute approximate surface area is 159 Å². The van der Waals surface area contributed by atoms with Crippen molar-refractivity contribution in [3.05, 3.63) is 72.2 Å². The first-order valence-corrected chi connectivity index (χ1v) is 8.43. The number of amides is 1. The Hall–Kier alpha value is -4.01. The highest BCUT2D eigenvalue weighted by Gasteiger charge is 2.16. The molecule has 9 heteroatoms. The summed E-state index contributed by atoms with van der Waals surface area (Å²) in [6.07, 6.45) is 4.85. The molecule has 1 amide bonds. The first-order chi connectivity index (χ1) is 13.6. The van der Waals surface area contributed by atoms with Crippen LogP contribution in [-0.2, 0) is 6.54 Å². The van der Waals surface area contributed by atoms with E-state index in [1.807, 2.05) is 24.3 Å². The molecule has 3 aromatic heterocycles. The van der Waals surface area contributed by atoms with E-state index in [-0.39, 0.29) is 17.2 Å². The number of pyridine rings is 2. The number of carbonyl (C=O) groups is 1. The van der Waals surface area contributed by atoms with Crippen LogP contribution < -0.4 is 16.4 Å². The maximum Gasteiger partial charge on any atom is 0.252 e. The molecule has 5 N–H and O–H groups in total. The van der Waals surface area contributed by atoms with Gasteiger partial charge in [0.2, 0.25) is 0 Å². The fourth-order valence-corrected chi connectivity index (χ4v) is 2.75. The smallest absolute Gasteiger partial charge is 0.252 e. The molecule has 28 heavy (non-hydrogen) atoms. The van der Waals surface area contributed by atoms with Gasteiger partial charge >= 0.3 is 0 Å². The summed E-state index contributed by atoms with van der Waals surface area (Å²) >= 11 is 0. The highest BCUT2D eigenvalue weighted by molar-refractivity contribution is 5.99. The van der Waals surface area contributed by atoms with Gasteiger partial charge in [0.25, 0.3) is 5.91 Å². The number of nitrogens with two attached hydrogens (primary N) is 1. The largest absolute Gasteiger partial charge is 0.365 e. The second kappa shape index (κ2) is 7.31. The van der Waals surface area contributed by atoms with Crippen molar-refractivity contribution in [1.82, 2.24) is 19.9 Å². The van der Waals surface area contributed by atoms with Crippen LogP contribution in [0.25, 0.3) is 10.9 Å². The van der Waals surface area contributed by atoms with E-state index >= 15 is 0 Å². The molecule has 1 aromatic carbocycles. The molecule has 0 spiro atoms. The number of H-pyrrole nitrogens is 1. The minimum Gasteiger partial charge on any atom is -0.365 e. The van der Waals surface area contributed by atoms with Gasteiger partial charge in [-0.25, -0.2) is 14.4 Å². The minimum atomic E-state index is -0.781. The molecule has 4 aromatic rings. The molecule has 0 aliphatic rings. The number of nitrogens with one attached hydrogen (secondary N) is 3. The third-order valence-electron chi connectivity index (χ3n) is 4.11. The maximum absolute atomic E-state index is 14.4. The van der Waals surface area contributed by atoms with Crippen molar-refractivity contribution in [3.8, 4) is 0 Å². The quantitative estimate of drug-likeness (QED) is 0.410. The van der Waals surface area contributed by atoms with Crippen LogP contribution in [0.1, 0.15) is 16.1 Å². The lowest BCUT2D eigenvalue weighted by molar-refractivity contribution is 0.100. The Bertz CT molecular complexity index is 1140. The van der Waals surface area contributed by atoms with E-state index in [0.717, 1.165) is 22.7 Å². The lowest BCUT2D eigenvalue weighted by Gasteiger charge is -2.13. The molecule has 8 nitrogen and oxygen atoms in total. The molecule has 3 heterocycles. The van der Waals surface area contributed by atoms with Crippen molar-refractivity contribution in [2.45, 2.75) is 6.54 Å². The number of anilines is 3. The number of hydrogen-bond acceptors (Lipinski definition) is 6. The van der Waals surface area contributed by atoms with Crippen molar-refractivity contribution < 1.29 is 9.18 Å². The van der Waals surface area contributed by atoms with E-state index in [4.69, 9.17) is 5.73 Å². The second-order valence-corrected chi connectivity index (χ2v) is 6.05. The average molecular weight is 377 g/mol. The van der Waals surface area contributed by atoms with Gasteiger partial charge in [-0.05, 0) is 30.3 Å². The minimum absolute atomic E-state index is 0.00967. The summed E-state index contributed by atoms with van der Waals surface area (Å²) in [6.45, 7) is 0.293. The molecule has 0 unspecified atom stereocenters. The van der Waals surface area contributed by atoms with Gasteiger partial charge in [-0.3, -0.25) is 9.78 Å². The predicted molar refractivity (Wildman–Crippen MR) is 104 cm³/mol. The Morgan fingerprint density at radius 2 is 2.11 bits per heavy atom. The second-order valence-electron chi connectivity index (χ2n) is 6.05. The van der Waals surface area contributed by atoms with Crippen LogP contribution in [0.2, 0.25) is 0 Å². The Kier molecular flexibility index (Phi) is 4.55. The molecule has 0 atom stereocenters. The molecule has 0 radical (unpaired) electrons. The number of hydrogen-bond donors (Lipinski definition) is 4. The number of halogens is 1. The van der Waals surface area contributed by atoms with Gasteiger partial charge < -0.3 is 21.4 Å². The summed E-state index contributed by atoms with van der Waals surface area (Å²) in [7, 11) is 0. The molecule has 0 saturated heterocycles. The number of aromatic nitrogens is 4. The van der Waals surface area contributed by atoms with Crippen LogP contribution in [0.3, 0.4) is 0 Å². The molecule has 4 rings (SSSR count). The van der Waals surface area contributed by atoms with Crippen molar-refractivity contribution in [1.29, 1.82) is 0 Å². The van der Waals surface area contributed by atoms with Gasteiger partial charge in [0.1, 0.15) is 5.82 Å². The van der Waals surface area contributed by atoms with Crippen molar-refractivity contribution >= 4 is 34.1 Å². The lowest BCUT2D eigenvalue weighted by atomic mass is 10.2. The molecular formula is C19H16FN7O. The topological polar surface area (TPSA) is 122 Å². The molecule has 0 fully saturated rings. The van der Waals surface area contributed by atoms with Gasteiger partial charge in [0, 0.05) is 23.5 Å². The third kappa shape index (κ3) is 3.58. The monoisotopic (exact) mass is 377 g/mol. The number of primary amides is 1. The SMILES string of the molecule is NC(=O)c1cc(F)c(NCc2cnc[nH]2)nc1Nc1ccc2ncccc2c1. The predicted octanol–water partition coefficient (Wildman–Crippen LogP) is 2.95. The van der Waals surface area contributed by atoms with Crippen molar-refractivity contribution in [2.75, 3.05) is 10.6 Å². The lowest BCUT2D eigenvalue weighted by Crippen LogP contribution is -2.16. The van der Waals surface area contributed by atoms with E-state index < -0.39 is 11.7 Å². The molecule has 0 bridgehead atoms. The van der Waals surface area contributed by atoms with Crippen LogP contribution in [0, 0.1) is 5.82 Å². The van der Waals surface area contributed by atoms with Gasteiger partial charge in [-0.15, -0.1) is 0 Å². The zero-order chi connectivity index (χ0) is 19.5. The number of carbonyl (C=O) groups excluding carboxylic acids is 1. The summed E-state index contributed by atoms with van der Waals surface area (Å²) in [4.78, 5) is 27.1. The third-order valence-corrected chi connectivity index (χ3v) is 4.11. The molecule has 0 aliphatic heterocycles. The van der Waals surface area contributed by atoms with Crippen LogP contribution in [0.5, 0.6) is 0 Å². The fraction of sp³-hybridized carbons (Fsp3) is 0.0526.